The van der Waals surface area contributed by atoms with Gasteiger partial charge in [-0.1, -0.05) is 0 Å². The summed E-state index contributed by atoms with van der Waals surface area (Å²) < 4.78 is 4.80. The highest BCUT2D eigenvalue weighted by Crippen LogP contribution is 2.19. The molecule has 0 amide bonds. The second-order valence-electron chi connectivity index (χ2n) is 3.25. The van der Waals surface area contributed by atoms with E-state index in [9.17, 15) is 9.90 Å². The first-order chi connectivity index (χ1) is 7.63. The van der Waals surface area contributed by atoms with Crippen molar-refractivity contribution in [2.45, 2.75) is 11.0 Å². The first-order valence-corrected chi connectivity index (χ1v) is 5.75. The highest BCUT2D eigenvalue weighted by Gasteiger charge is 2.05. The lowest BCUT2D eigenvalue weighted by atomic mass is 10.2. The predicted molar refractivity (Wildman–Crippen MR) is 62.0 cm³/mol. The first-order valence-electron chi connectivity index (χ1n) is 4.76. The van der Waals surface area contributed by atoms with Crippen molar-refractivity contribution in [3.63, 3.8) is 0 Å². The summed E-state index contributed by atoms with van der Waals surface area (Å²) in [5.74, 6) is -0.406. The fourth-order valence-electron chi connectivity index (χ4n) is 1.13. The molecular weight excluding hydrogens is 228 g/mol. The van der Waals surface area contributed by atoms with Crippen LogP contribution in [0, 0.1) is 0 Å². The molecule has 5 heteroatoms. The third-order valence-electron chi connectivity index (χ3n) is 1.90. The largest absolute Gasteiger partial charge is 0.478 e. The van der Waals surface area contributed by atoms with Gasteiger partial charge in [0.1, 0.15) is 0 Å². The molecule has 88 valence electrons. The molecule has 2 N–H and O–H groups in total. The van der Waals surface area contributed by atoms with E-state index in [2.05, 4.69) is 0 Å². The molecule has 0 aliphatic carbocycles. The highest BCUT2D eigenvalue weighted by molar-refractivity contribution is 7.99. The van der Waals surface area contributed by atoms with Gasteiger partial charge in [-0.3, -0.25) is 0 Å². The maximum absolute atomic E-state index is 10.6. The number of ether oxygens (including phenoxy) is 1. The Morgan fingerprint density at radius 3 is 2.56 bits per heavy atom. The number of rotatable bonds is 6. The molecule has 1 rings (SSSR count). The summed E-state index contributed by atoms with van der Waals surface area (Å²) in [7, 11) is 1.54. The van der Waals surface area contributed by atoms with Crippen molar-refractivity contribution < 1.29 is 19.7 Å². The number of benzene rings is 1. The fourth-order valence-corrected chi connectivity index (χ4v) is 1.94. The van der Waals surface area contributed by atoms with Crippen molar-refractivity contribution in [2.75, 3.05) is 19.5 Å². The smallest absolute Gasteiger partial charge is 0.335 e. The first kappa shape index (κ1) is 13.0. The molecule has 1 aromatic rings. The van der Waals surface area contributed by atoms with Gasteiger partial charge in [-0.25, -0.2) is 4.79 Å². The number of aliphatic hydroxyl groups is 1. The summed E-state index contributed by atoms with van der Waals surface area (Å²) in [6.45, 7) is 0.306. The molecule has 1 aromatic carbocycles. The number of carboxylic acids is 1. The molecule has 0 saturated carbocycles. The average Bonchev–Trinajstić information content (AvgIpc) is 2.27. The van der Waals surface area contributed by atoms with Crippen LogP contribution in [0.1, 0.15) is 10.4 Å². The molecule has 1 atom stereocenters. The van der Waals surface area contributed by atoms with Crippen LogP contribution in [-0.4, -0.2) is 41.8 Å². The van der Waals surface area contributed by atoms with E-state index in [0.29, 0.717) is 12.4 Å². The summed E-state index contributed by atoms with van der Waals surface area (Å²) in [6.07, 6.45) is -0.505. The number of carbonyl (C=O) groups is 1. The Hall–Kier alpha value is -1.04. The molecule has 0 saturated heterocycles. The van der Waals surface area contributed by atoms with Gasteiger partial charge in [-0.15, -0.1) is 11.8 Å². The zero-order valence-electron chi connectivity index (χ0n) is 8.92. The Kier molecular flexibility index (Phi) is 5.31. The lowest BCUT2D eigenvalue weighted by Crippen LogP contribution is -2.16. The van der Waals surface area contributed by atoms with Gasteiger partial charge >= 0.3 is 5.97 Å². The van der Waals surface area contributed by atoms with Crippen LogP contribution in [0.5, 0.6) is 0 Å². The second kappa shape index (κ2) is 6.52. The monoisotopic (exact) mass is 242 g/mol. The zero-order valence-corrected chi connectivity index (χ0v) is 9.74. The highest BCUT2D eigenvalue weighted by atomic mass is 32.2. The maximum Gasteiger partial charge on any atom is 0.335 e. The van der Waals surface area contributed by atoms with Crippen molar-refractivity contribution in [1.29, 1.82) is 0 Å². The van der Waals surface area contributed by atoms with Crippen LogP contribution in [0.2, 0.25) is 0 Å². The van der Waals surface area contributed by atoms with Crippen molar-refractivity contribution in [2.24, 2.45) is 0 Å². The van der Waals surface area contributed by atoms with Crippen molar-refractivity contribution in [1.82, 2.24) is 0 Å². The van der Waals surface area contributed by atoms with Gasteiger partial charge in [-0.2, -0.15) is 0 Å². The summed E-state index contributed by atoms with van der Waals surface area (Å²) in [6, 6.07) is 6.56. The minimum Gasteiger partial charge on any atom is -0.478 e. The Bertz CT molecular complexity index is 336. The van der Waals surface area contributed by atoms with E-state index in [-0.39, 0.29) is 5.56 Å². The lowest BCUT2D eigenvalue weighted by molar-refractivity contribution is 0.0696. The standard InChI is InChI=1S/C11H14O4S/c1-15-6-9(12)7-16-10-4-2-8(3-5-10)11(13)14/h2-5,9,12H,6-7H2,1H3,(H,13,14). The average molecular weight is 242 g/mol. The summed E-state index contributed by atoms with van der Waals surface area (Å²) in [4.78, 5) is 11.5. The maximum atomic E-state index is 10.6. The zero-order chi connectivity index (χ0) is 12.0. The minimum atomic E-state index is -0.934. The van der Waals surface area contributed by atoms with Gasteiger partial charge in [0, 0.05) is 17.8 Å². The van der Waals surface area contributed by atoms with Gasteiger partial charge < -0.3 is 14.9 Å². The Labute approximate surface area is 98.2 Å². The van der Waals surface area contributed by atoms with Crippen LogP contribution >= 0.6 is 11.8 Å². The van der Waals surface area contributed by atoms with E-state index >= 15 is 0 Å². The number of hydrogen-bond acceptors (Lipinski definition) is 4. The molecule has 1 unspecified atom stereocenters. The van der Waals surface area contributed by atoms with Crippen LogP contribution in [0.15, 0.2) is 29.2 Å². The van der Waals surface area contributed by atoms with Crippen LogP contribution in [0.4, 0.5) is 0 Å². The summed E-state index contributed by atoms with van der Waals surface area (Å²) in [5.41, 5.74) is 0.266. The number of carboxylic acid groups (broad SMARTS) is 1. The van der Waals surface area contributed by atoms with Gasteiger partial charge in [0.05, 0.1) is 18.3 Å². The van der Waals surface area contributed by atoms with Crippen LogP contribution in [0.25, 0.3) is 0 Å². The van der Waals surface area contributed by atoms with Crippen molar-refractivity contribution in [3.05, 3.63) is 29.8 Å². The van der Waals surface area contributed by atoms with E-state index in [1.165, 1.54) is 18.9 Å². The van der Waals surface area contributed by atoms with Crippen molar-refractivity contribution >= 4 is 17.7 Å². The van der Waals surface area contributed by atoms with Crippen LogP contribution < -0.4 is 0 Å². The molecular formula is C11H14O4S. The van der Waals surface area contributed by atoms with Gasteiger partial charge in [0.25, 0.3) is 0 Å². The topological polar surface area (TPSA) is 66.8 Å². The Morgan fingerprint density at radius 1 is 1.44 bits per heavy atom. The molecule has 0 aromatic heterocycles. The molecule has 0 fully saturated rings. The molecule has 0 radical (unpaired) electrons. The van der Waals surface area contributed by atoms with Gasteiger partial charge in [-0.05, 0) is 24.3 Å². The normalized spacial score (nSPS) is 12.4. The molecule has 0 aliphatic heterocycles. The van der Waals surface area contributed by atoms with E-state index < -0.39 is 12.1 Å². The number of thioether (sulfide) groups is 1. The number of aromatic carboxylic acids is 1. The summed E-state index contributed by atoms with van der Waals surface area (Å²) in [5, 5.41) is 18.1. The van der Waals surface area contributed by atoms with Gasteiger partial charge in [0.15, 0.2) is 0 Å². The molecule has 0 heterocycles. The SMILES string of the molecule is COCC(O)CSc1ccc(C(=O)O)cc1. The Balaban J connectivity index is 2.46. The Morgan fingerprint density at radius 2 is 2.06 bits per heavy atom. The third-order valence-corrected chi connectivity index (χ3v) is 3.06. The molecule has 0 aliphatic rings. The quantitative estimate of drug-likeness (QED) is 0.740. The summed E-state index contributed by atoms with van der Waals surface area (Å²) >= 11 is 1.47. The molecule has 0 spiro atoms. The molecule has 4 nitrogen and oxygen atoms in total. The molecule has 0 bridgehead atoms. The lowest BCUT2D eigenvalue weighted by Gasteiger charge is -2.08. The number of aliphatic hydroxyl groups excluding tert-OH is 1. The third kappa shape index (κ3) is 4.22. The van der Waals surface area contributed by atoms with Gasteiger partial charge in [0.2, 0.25) is 0 Å². The van der Waals surface area contributed by atoms with Crippen molar-refractivity contribution in [3.8, 4) is 0 Å². The molecule has 16 heavy (non-hydrogen) atoms. The van der Waals surface area contributed by atoms with E-state index in [1.807, 2.05) is 0 Å². The van der Waals surface area contributed by atoms with E-state index in [1.54, 1.807) is 24.3 Å². The van der Waals surface area contributed by atoms with Crippen LogP contribution in [-0.2, 0) is 4.74 Å². The van der Waals surface area contributed by atoms with Crippen LogP contribution in [0.3, 0.4) is 0 Å². The van der Waals surface area contributed by atoms with E-state index in [0.717, 1.165) is 4.90 Å². The minimum absolute atomic E-state index is 0.266. The van der Waals surface area contributed by atoms with E-state index in [4.69, 9.17) is 9.84 Å². The second-order valence-corrected chi connectivity index (χ2v) is 4.34. The predicted octanol–water partition coefficient (Wildman–Crippen LogP) is 1.48. The number of methoxy groups -OCH3 is 1. The number of hydrogen-bond donors (Lipinski definition) is 2. The fraction of sp³-hybridized carbons (Fsp3) is 0.364.